The maximum atomic E-state index is 11.7. The van der Waals surface area contributed by atoms with Crippen LogP contribution in [-0.2, 0) is 9.53 Å². The quantitative estimate of drug-likeness (QED) is 0.746. The number of nitrogens with zero attached hydrogens (tertiary/aromatic N) is 2. The molecule has 21 heavy (non-hydrogen) atoms. The summed E-state index contributed by atoms with van der Waals surface area (Å²) in [6.07, 6.45) is 7.32. The van der Waals surface area contributed by atoms with E-state index in [0.717, 1.165) is 24.6 Å². The molecule has 1 unspecified atom stereocenters. The van der Waals surface area contributed by atoms with E-state index in [9.17, 15) is 4.79 Å². The minimum absolute atomic E-state index is 0.306. The molecule has 0 aliphatic heterocycles. The molecule has 0 amide bonds. The van der Waals surface area contributed by atoms with Gasteiger partial charge in [0.15, 0.2) is 5.82 Å². The van der Waals surface area contributed by atoms with E-state index in [1.54, 1.807) is 13.8 Å². The van der Waals surface area contributed by atoms with E-state index >= 15 is 0 Å². The standard InChI is InChI=1S/C16H26N2O3/c1-4-6-12-7-9-13(10-8-12)14-17-15(21-18-14)11(3)16(19)20-5-2/h11-13H,4-10H2,1-3H3. The van der Waals surface area contributed by atoms with Crippen LogP contribution < -0.4 is 0 Å². The van der Waals surface area contributed by atoms with Gasteiger partial charge in [-0.25, -0.2) is 0 Å². The summed E-state index contributed by atoms with van der Waals surface area (Å²) in [6.45, 7) is 6.14. The zero-order valence-electron chi connectivity index (χ0n) is 13.3. The Labute approximate surface area is 126 Å². The highest BCUT2D eigenvalue weighted by Crippen LogP contribution is 2.36. The third-order valence-corrected chi connectivity index (χ3v) is 4.38. The lowest BCUT2D eigenvalue weighted by Crippen LogP contribution is -2.15. The number of carbonyl (C=O) groups excluding carboxylic acids is 1. The van der Waals surface area contributed by atoms with Crippen LogP contribution in [0, 0.1) is 5.92 Å². The molecular formula is C16H26N2O3. The lowest BCUT2D eigenvalue weighted by atomic mass is 9.80. The molecule has 0 aromatic carbocycles. The van der Waals surface area contributed by atoms with Crippen molar-refractivity contribution >= 4 is 5.97 Å². The van der Waals surface area contributed by atoms with Gasteiger partial charge >= 0.3 is 5.97 Å². The Balaban J connectivity index is 1.93. The van der Waals surface area contributed by atoms with E-state index < -0.39 is 5.92 Å². The number of rotatable bonds is 6. The van der Waals surface area contributed by atoms with E-state index in [-0.39, 0.29) is 5.97 Å². The third kappa shape index (κ3) is 4.05. The topological polar surface area (TPSA) is 65.2 Å². The Morgan fingerprint density at radius 1 is 1.33 bits per heavy atom. The van der Waals surface area contributed by atoms with E-state index in [1.165, 1.54) is 25.7 Å². The van der Waals surface area contributed by atoms with Crippen molar-refractivity contribution in [3.8, 4) is 0 Å². The Hall–Kier alpha value is -1.39. The molecule has 0 N–H and O–H groups in total. The van der Waals surface area contributed by atoms with Crippen LogP contribution >= 0.6 is 0 Å². The predicted octanol–water partition coefficient (Wildman–Crippen LogP) is 3.81. The second-order valence-electron chi connectivity index (χ2n) is 5.97. The fourth-order valence-corrected chi connectivity index (χ4v) is 3.07. The molecule has 118 valence electrons. The highest BCUT2D eigenvalue weighted by atomic mass is 16.5. The van der Waals surface area contributed by atoms with Gasteiger partial charge in [-0.15, -0.1) is 0 Å². The molecular weight excluding hydrogens is 268 g/mol. The third-order valence-electron chi connectivity index (χ3n) is 4.38. The van der Waals surface area contributed by atoms with Gasteiger partial charge in [-0.05, 0) is 45.4 Å². The summed E-state index contributed by atoms with van der Waals surface area (Å²) < 4.78 is 10.2. The maximum Gasteiger partial charge on any atom is 0.318 e. The van der Waals surface area contributed by atoms with Gasteiger partial charge in [0.05, 0.1) is 6.61 Å². The first-order valence-electron chi connectivity index (χ1n) is 8.15. The van der Waals surface area contributed by atoms with Crippen LogP contribution in [0.5, 0.6) is 0 Å². The van der Waals surface area contributed by atoms with E-state index in [0.29, 0.717) is 18.4 Å². The van der Waals surface area contributed by atoms with Gasteiger partial charge in [0.1, 0.15) is 5.92 Å². The smallest absolute Gasteiger partial charge is 0.318 e. The van der Waals surface area contributed by atoms with Crippen molar-refractivity contribution in [3.05, 3.63) is 11.7 Å². The molecule has 0 bridgehead atoms. The zero-order chi connectivity index (χ0) is 15.2. The largest absolute Gasteiger partial charge is 0.465 e. The first-order valence-corrected chi connectivity index (χ1v) is 8.15. The molecule has 1 fully saturated rings. The van der Waals surface area contributed by atoms with E-state index in [4.69, 9.17) is 9.26 Å². The number of hydrogen-bond acceptors (Lipinski definition) is 5. The molecule has 1 aliphatic carbocycles. The summed E-state index contributed by atoms with van der Waals surface area (Å²) in [5.41, 5.74) is 0. The Bertz CT molecular complexity index is 450. The number of aromatic nitrogens is 2. The van der Waals surface area contributed by atoms with Gasteiger partial charge < -0.3 is 9.26 Å². The van der Waals surface area contributed by atoms with E-state index in [2.05, 4.69) is 17.1 Å². The molecule has 0 spiro atoms. The highest BCUT2D eigenvalue weighted by molar-refractivity contribution is 5.76. The van der Waals surface area contributed by atoms with Crippen LogP contribution in [0.25, 0.3) is 0 Å². The average Bonchev–Trinajstić information content (AvgIpc) is 2.97. The van der Waals surface area contributed by atoms with Crippen LogP contribution in [0.4, 0.5) is 0 Å². The number of ether oxygens (including phenoxy) is 1. The summed E-state index contributed by atoms with van der Waals surface area (Å²) in [4.78, 5) is 16.1. The minimum Gasteiger partial charge on any atom is -0.465 e. The highest BCUT2D eigenvalue weighted by Gasteiger charge is 2.28. The normalized spacial score (nSPS) is 23.8. The fraction of sp³-hybridized carbons (Fsp3) is 0.812. The number of hydrogen-bond donors (Lipinski definition) is 0. The second kappa shape index (κ2) is 7.57. The van der Waals surface area contributed by atoms with Crippen molar-refractivity contribution in [3.63, 3.8) is 0 Å². The molecule has 1 aromatic heterocycles. The molecule has 1 aromatic rings. The molecule has 5 nitrogen and oxygen atoms in total. The molecule has 1 atom stereocenters. The van der Waals surface area contributed by atoms with Crippen LogP contribution in [0.1, 0.15) is 82.8 Å². The van der Waals surface area contributed by atoms with Gasteiger partial charge in [0.2, 0.25) is 5.89 Å². The fourth-order valence-electron chi connectivity index (χ4n) is 3.07. The maximum absolute atomic E-state index is 11.7. The van der Waals surface area contributed by atoms with Crippen molar-refractivity contribution in [1.29, 1.82) is 0 Å². The number of esters is 1. The van der Waals surface area contributed by atoms with Crippen molar-refractivity contribution in [2.75, 3.05) is 6.61 Å². The van der Waals surface area contributed by atoms with E-state index in [1.807, 2.05) is 0 Å². The minimum atomic E-state index is -0.484. The van der Waals surface area contributed by atoms with Crippen LogP contribution in [0.2, 0.25) is 0 Å². The Kier molecular flexibility index (Phi) is 5.76. The summed E-state index contributed by atoms with van der Waals surface area (Å²) in [5, 5.41) is 4.08. The first-order chi connectivity index (χ1) is 10.2. The van der Waals surface area contributed by atoms with Crippen LogP contribution in [0.15, 0.2) is 4.52 Å². The molecule has 1 saturated carbocycles. The van der Waals surface area contributed by atoms with Crippen molar-refractivity contribution < 1.29 is 14.1 Å². The molecule has 5 heteroatoms. The SMILES string of the molecule is CCCC1CCC(c2noc(C(C)C(=O)OCC)n2)CC1. The summed E-state index contributed by atoms with van der Waals surface area (Å²) in [6, 6.07) is 0. The van der Waals surface area contributed by atoms with Crippen molar-refractivity contribution in [1.82, 2.24) is 10.1 Å². The van der Waals surface area contributed by atoms with Gasteiger partial charge in [0, 0.05) is 5.92 Å². The zero-order valence-corrected chi connectivity index (χ0v) is 13.3. The predicted molar refractivity (Wildman–Crippen MR) is 79.0 cm³/mol. The second-order valence-corrected chi connectivity index (χ2v) is 5.97. The molecule has 1 aliphatic rings. The first kappa shape index (κ1) is 16.0. The van der Waals surface area contributed by atoms with Crippen molar-refractivity contribution in [2.24, 2.45) is 5.92 Å². The van der Waals surface area contributed by atoms with Crippen molar-refractivity contribution in [2.45, 2.75) is 71.1 Å². The summed E-state index contributed by atoms with van der Waals surface area (Å²) >= 11 is 0. The van der Waals surface area contributed by atoms with Gasteiger partial charge in [-0.2, -0.15) is 4.98 Å². The van der Waals surface area contributed by atoms with Gasteiger partial charge in [-0.3, -0.25) is 4.79 Å². The molecule has 2 rings (SSSR count). The summed E-state index contributed by atoms with van der Waals surface area (Å²) in [5.74, 6) is 1.58. The lowest BCUT2D eigenvalue weighted by molar-refractivity contribution is -0.145. The number of carbonyl (C=O) groups is 1. The average molecular weight is 294 g/mol. The van der Waals surface area contributed by atoms with Crippen LogP contribution in [0.3, 0.4) is 0 Å². The van der Waals surface area contributed by atoms with Crippen LogP contribution in [-0.4, -0.2) is 22.7 Å². The monoisotopic (exact) mass is 294 g/mol. The Morgan fingerprint density at radius 3 is 2.67 bits per heavy atom. The lowest BCUT2D eigenvalue weighted by Gasteiger charge is -2.26. The van der Waals surface area contributed by atoms with Gasteiger partial charge in [0.25, 0.3) is 0 Å². The molecule has 0 saturated heterocycles. The molecule has 1 heterocycles. The Morgan fingerprint density at radius 2 is 2.05 bits per heavy atom. The van der Waals surface area contributed by atoms with Gasteiger partial charge in [-0.1, -0.05) is 24.9 Å². The molecule has 0 radical (unpaired) electrons. The summed E-state index contributed by atoms with van der Waals surface area (Å²) in [7, 11) is 0.